The summed E-state index contributed by atoms with van der Waals surface area (Å²) in [5, 5.41) is 11.7. The minimum absolute atomic E-state index is 0.713. The zero-order valence-electron chi connectivity index (χ0n) is 16.5. The van der Waals surface area contributed by atoms with Gasteiger partial charge in [-0.3, -0.25) is 0 Å². The Bertz CT molecular complexity index is 687. The number of aliphatic hydroxyl groups is 1. The smallest absolute Gasteiger partial charge is 0.0930 e. The Hall–Kier alpha value is -1.51. The number of benzene rings is 2. The van der Waals surface area contributed by atoms with Crippen molar-refractivity contribution in [3.05, 3.63) is 64.7 Å². The van der Waals surface area contributed by atoms with E-state index in [-0.39, 0.29) is 0 Å². The molecule has 1 aliphatic rings. The zero-order chi connectivity index (χ0) is 19.1. The summed E-state index contributed by atoms with van der Waals surface area (Å²) in [5.41, 5.74) is 2.94. The Morgan fingerprint density at radius 2 is 1.52 bits per heavy atom. The molecule has 1 aliphatic heterocycles. The molecule has 0 aromatic heterocycles. The molecule has 1 N–H and O–H groups in total. The lowest BCUT2D eigenvalue weighted by molar-refractivity contribution is 0.0118. The van der Waals surface area contributed by atoms with Gasteiger partial charge in [0.05, 0.1) is 5.60 Å². The highest BCUT2D eigenvalue weighted by Gasteiger charge is 2.33. The molecule has 2 aromatic carbocycles. The summed E-state index contributed by atoms with van der Waals surface area (Å²) in [6, 6.07) is 16.7. The quantitative estimate of drug-likeness (QED) is 0.536. The number of rotatable bonds is 8. The third-order valence-electron chi connectivity index (χ3n) is 5.84. The Kier molecular flexibility index (Phi) is 7.20. The molecule has 1 fully saturated rings. The summed E-state index contributed by atoms with van der Waals surface area (Å²) in [7, 11) is 0. The fourth-order valence-electron chi connectivity index (χ4n) is 3.99. The molecule has 2 nitrogen and oxygen atoms in total. The third kappa shape index (κ3) is 5.49. The number of hydrogen-bond donors (Lipinski definition) is 1. The van der Waals surface area contributed by atoms with E-state index in [2.05, 4.69) is 36.1 Å². The lowest BCUT2D eigenvalue weighted by Crippen LogP contribution is -2.42. The molecule has 0 aliphatic carbocycles. The summed E-state index contributed by atoms with van der Waals surface area (Å²) in [6.07, 6.45) is 9.32. The van der Waals surface area contributed by atoms with Crippen LogP contribution in [0.2, 0.25) is 5.02 Å². The van der Waals surface area contributed by atoms with Crippen LogP contribution in [0.15, 0.2) is 48.5 Å². The Morgan fingerprint density at radius 1 is 0.889 bits per heavy atom. The first-order valence-electron chi connectivity index (χ1n) is 10.4. The monoisotopic (exact) mass is 385 g/mol. The van der Waals surface area contributed by atoms with E-state index in [4.69, 9.17) is 11.6 Å². The third-order valence-corrected chi connectivity index (χ3v) is 6.09. The average molecular weight is 386 g/mol. The van der Waals surface area contributed by atoms with Gasteiger partial charge in [0.25, 0.3) is 0 Å². The van der Waals surface area contributed by atoms with Crippen molar-refractivity contribution in [1.29, 1.82) is 0 Å². The SMILES string of the molecule is CCCCCCCc1ccc(N2CCC(O)(c3ccc(Cl)cc3)CC2)cc1. The molecular formula is C24H32ClNO. The van der Waals surface area contributed by atoms with Crippen molar-refractivity contribution < 1.29 is 5.11 Å². The first kappa shape index (κ1) is 20.2. The molecule has 0 saturated carbocycles. The molecule has 0 bridgehead atoms. The predicted octanol–water partition coefficient (Wildman–Crippen LogP) is 6.34. The summed E-state index contributed by atoms with van der Waals surface area (Å²) in [6.45, 7) is 4.00. The molecule has 146 valence electrons. The van der Waals surface area contributed by atoms with Crippen LogP contribution in [0.3, 0.4) is 0 Å². The van der Waals surface area contributed by atoms with Crippen LogP contribution in [0, 0.1) is 0 Å². The van der Waals surface area contributed by atoms with Gasteiger partial charge < -0.3 is 10.0 Å². The molecule has 1 saturated heterocycles. The number of aryl methyl sites for hydroxylation is 1. The predicted molar refractivity (Wildman–Crippen MR) is 116 cm³/mol. The van der Waals surface area contributed by atoms with Crippen LogP contribution in [0.5, 0.6) is 0 Å². The highest BCUT2D eigenvalue weighted by atomic mass is 35.5. The van der Waals surface area contributed by atoms with E-state index in [1.165, 1.54) is 49.8 Å². The Labute approximate surface area is 169 Å². The zero-order valence-corrected chi connectivity index (χ0v) is 17.2. The van der Waals surface area contributed by atoms with Crippen LogP contribution in [0.1, 0.15) is 63.0 Å². The number of halogens is 1. The molecule has 0 spiro atoms. The second kappa shape index (κ2) is 9.61. The molecule has 3 heteroatoms. The topological polar surface area (TPSA) is 23.5 Å². The molecule has 0 atom stereocenters. The van der Waals surface area contributed by atoms with E-state index >= 15 is 0 Å². The summed E-state index contributed by atoms with van der Waals surface area (Å²) < 4.78 is 0. The minimum Gasteiger partial charge on any atom is -0.385 e. The molecule has 1 heterocycles. The lowest BCUT2D eigenvalue weighted by atomic mass is 9.84. The van der Waals surface area contributed by atoms with E-state index in [1.807, 2.05) is 24.3 Å². The number of hydrogen-bond acceptors (Lipinski definition) is 2. The number of anilines is 1. The highest BCUT2D eigenvalue weighted by molar-refractivity contribution is 6.30. The van der Waals surface area contributed by atoms with Crippen molar-refractivity contribution in [2.75, 3.05) is 18.0 Å². The van der Waals surface area contributed by atoms with Gasteiger partial charge in [-0.1, -0.05) is 68.5 Å². The number of piperidine rings is 1. The van der Waals surface area contributed by atoms with Gasteiger partial charge in [0.2, 0.25) is 0 Å². The van der Waals surface area contributed by atoms with Crippen LogP contribution < -0.4 is 4.90 Å². The van der Waals surface area contributed by atoms with Crippen molar-refractivity contribution in [1.82, 2.24) is 0 Å². The van der Waals surface area contributed by atoms with E-state index < -0.39 is 5.60 Å². The van der Waals surface area contributed by atoms with E-state index in [9.17, 15) is 5.11 Å². The van der Waals surface area contributed by atoms with E-state index in [0.717, 1.165) is 31.5 Å². The molecule has 3 rings (SSSR count). The van der Waals surface area contributed by atoms with Crippen LogP contribution in [0.25, 0.3) is 0 Å². The second-order valence-electron chi connectivity index (χ2n) is 7.86. The Balaban J connectivity index is 1.51. The van der Waals surface area contributed by atoms with Crippen LogP contribution in [0.4, 0.5) is 5.69 Å². The average Bonchev–Trinajstić information content (AvgIpc) is 2.69. The maximum atomic E-state index is 11.0. The number of unbranched alkanes of at least 4 members (excludes halogenated alkanes) is 4. The molecule has 0 radical (unpaired) electrons. The largest absolute Gasteiger partial charge is 0.385 e. The molecule has 0 unspecified atom stereocenters. The fraction of sp³-hybridized carbons (Fsp3) is 0.500. The van der Waals surface area contributed by atoms with Crippen LogP contribution in [-0.4, -0.2) is 18.2 Å². The molecular weight excluding hydrogens is 354 g/mol. The lowest BCUT2D eigenvalue weighted by Gasteiger charge is -2.39. The normalized spacial score (nSPS) is 16.5. The number of nitrogens with zero attached hydrogens (tertiary/aromatic N) is 1. The van der Waals surface area contributed by atoms with Crippen molar-refractivity contribution in [3.63, 3.8) is 0 Å². The maximum Gasteiger partial charge on any atom is 0.0930 e. The van der Waals surface area contributed by atoms with Gasteiger partial charge >= 0.3 is 0 Å². The van der Waals surface area contributed by atoms with Gasteiger partial charge in [0.1, 0.15) is 0 Å². The van der Waals surface area contributed by atoms with Crippen molar-refractivity contribution in [2.45, 2.75) is 63.9 Å². The standard InChI is InChI=1S/C24H32ClNO/c1-2-3-4-5-6-7-20-8-14-23(15-9-20)26-18-16-24(27,17-19-26)21-10-12-22(25)13-11-21/h8-15,27H,2-7,16-19H2,1H3. The molecule has 0 amide bonds. The fourth-order valence-corrected chi connectivity index (χ4v) is 4.12. The van der Waals surface area contributed by atoms with Gasteiger partial charge in [-0.05, 0) is 61.1 Å². The van der Waals surface area contributed by atoms with Gasteiger partial charge in [-0.25, -0.2) is 0 Å². The summed E-state index contributed by atoms with van der Waals surface area (Å²) in [4.78, 5) is 2.38. The first-order valence-corrected chi connectivity index (χ1v) is 10.8. The molecule has 2 aromatic rings. The van der Waals surface area contributed by atoms with Gasteiger partial charge in [0.15, 0.2) is 0 Å². The highest BCUT2D eigenvalue weighted by Crippen LogP contribution is 2.35. The van der Waals surface area contributed by atoms with E-state index in [1.54, 1.807) is 0 Å². The van der Waals surface area contributed by atoms with Crippen LogP contribution >= 0.6 is 11.6 Å². The van der Waals surface area contributed by atoms with Crippen molar-refractivity contribution >= 4 is 17.3 Å². The second-order valence-corrected chi connectivity index (χ2v) is 8.29. The van der Waals surface area contributed by atoms with Gasteiger partial charge in [-0.15, -0.1) is 0 Å². The van der Waals surface area contributed by atoms with E-state index in [0.29, 0.717) is 5.02 Å². The summed E-state index contributed by atoms with van der Waals surface area (Å²) >= 11 is 5.98. The van der Waals surface area contributed by atoms with Gasteiger partial charge in [-0.2, -0.15) is 0 Å². The van der Waals surface area contributed by atoms with Crippen molar-refractivity contribution in [3.8, 4) is 0 Å². The first-order chi connectivity index (χ1) is 13.1. The molecule has 27 heavy (non-hydrogen) atoms. The summed E-state index contributed by atoms with van der Waals surface area (Å²) in [5.74, 6) is 0. The van der Waals surface area contributed by atoms with Crippen molar-refractivity contribution in [2.24, 2.45) is 0 Å². The minimum atomic E-state index is -0.737. The Morgan fingerprint density at radius 3 is 2.15 bits per heavy atom. The van der Waals surface area contributed by atoms with Crippen LogP contribution in [-0.2, 0) is 12.0 Å². The van der Waals surface area contributed by atoms with Gasteiger partial charge in [0, 0.05) is 23.8 Å². The maximum absolute atomic E-state index is 11.0.